The second-order valence-electron chi connectivity index (χ2n) is 7.19. The molecule has 0 bridgehead atoms. The lowest BCUT2D eigenvalue weighted by Gasteiger charge is -2.23. The monoisotopic (exact) mass is 426 g/mol. The second-order valence-corrected chi connectivity index (χ2v) is 8.20. The number of thiazole rings is 1. The molecule has 1 aliphatic heterocycles. The number of carbonyl (C=O) groups is 1. The molecule has 2 heterocycles. The van der Waals surface area contributed by atoms with Gasteiger partial charge in [-0.25, -0.2) is 4.98 Å². The zero-order chi connectivity index (χ0) is 20.8. The molecule has 0 aliphatic carbocycles. The minimum atomic E-state index is -0.144. The van der Waals surface area contributed by atoms with Crippen LogP contribution in [0.25, 0.3) is 10.2 Å². The van der Waals surface area contributed by atoms with E-state index < -0.39 is 0 Å². The summed E-state index contributed by atoms with van der Waals surface area (Å²) in [4.78, 5) is 19.6. The Balaban J connectivity index is 1.51. The van der Waals surface area contributed by atoms with Crippen LogP contribution in [-0.2, 0) is 9.53 Å². The van der Waals surface area contributed by atoms with Gasteiger partial charge in [0.15, 0.2) is 23.2 Å². The summed E-state index contributed by atoms with van der Waals surface area (Å²) in [5.41, 5.74) is 0.891. The first-order valence-electron chi connectivity index (χ1n) is 10.4. The molecule has 1 aromatic heterocycles. The van der Waals surface area contributed by atoms with Gasteiger partial charge in [-0.15, -0.1) is 0 Å². The largest absolute Gasteiger partial charge is 0.490 e. The van der Waals surface area contributed by atoms with Gasteiger partial charge in [0.05, 0.1) is 29.5 Å². The Morgan fingerprint density at radius 2 is 1.93 bits per heavy atom. The molecule has 3 aromatic rings. The Bertz CT molecular complexity index is 951. The van der Waals surface area contributed by atoms with E-state index in [9.17, 15) is 4.79 Å². The van der Waals surface area contributed by atoms with Gasteiger partial charge in [-0.1, -0.05) is 42.5 Å². The predicted molar refractivity (Wildman–Crippen MR) is 119 cm³/mol. The van der Waals surface area contributed by atoms with E-state index >= 15 is 0 Å². The SMILES string of the molecule is CCCOc1ccccc1OCC(=O)N(CC1CCCO1)c1nc2ccccc2s1. The van der Waals surface area contributed by atoms with E-state index in [-0.39, 0.29) is 18.6 Å². The van der Waals surface area contributed by atoms with E-state index in [1.54, 1.807) is 4.90 Å². The first-order chi connectivity index (χ1) is 14.7. The Morgan fingerprint density at radius 1 is 1.17 bits per heavy atom. The van der Waals surface area contributed by atoms with Gasteiger partial charge in [-0.05, 0) is 43.5 Å². The number of para-hydroxylation sites is 3. The number of benzene rings is 2. The van der Waals surface area contributed by atoms with Gasteiger partial charge in [-0.3, -0.25) is 9.69 Å². The molecule has 0 spiro atoms. The summed E-state index contributed by atoms with van der Waals surface area (Å²) < 4.78 is 18.4. The number of hydrogen-bond acceptors (Lipinski definition) is 6. The van der Waals surface area contributed by atoms with Crippen molar-refractivity contribution < 1.29 is 19.0 Å². The maximum atomic E-state index is 13.2. The Morgan fingerprint density at radius 3 is 2.67 bits per heavy atom. The van der Waals surface area contributed by atoms with Crippen LogP contribution in [0.15, 0.2) is 48.5 Å². The van der Waals surface area contributed by atoms with Crippen molar-refractivity contribution in [3.8, 4) is 11.5 Å². The van der Waals surface area contributed by atoms with E-state index in [1.165, 1.54) is 11.3 Å². The fraction of sp³-hybridized carbons (Fsp3) is 0.391. The third-order valence-electron chi connectivity index (χ3n) is 4.89. The molecular formula is C23H26N2O4S. The van der Waals surface area contributed by atoms with Gasteiger partial charge in [-0.2, -0.15) is 0 Å². The lowest BCUT2D eigenvalue weighted by atomic mass is 10.2. The summed E-state index contributed by atoms with van der Waals surface area (Å²) in [6.07, 6.45) is 2.90. The number of aromatic nitrogens is 1. The Labute approximate surface area is 180 Å². The van der Waals surface area contributed by atoms with Crippen LogP contribution in [0.5, 0.6) is 11.5 Å². The van der Waals surface area contributed by atoms with Crippen molar-refractivity contribution in [3.63, 3.8) is 0 Å². The third kappa shape index (κ3) is 4.91. The zero-order valence-corrected chi connectivity index (χ0v) is 17.9. The molecule has 6 nitrogen and oxygen atoms in total. The molecule has 4 rings (SSSR count). The van der Waals surface area contributed by atoms with Crippen molar-refractivity contribution in [1.82, 2.24) is 4.98 Å². The average molecular weight is 427 g/mol. The number of hydrogen-bond donors (Lipinski definition) is 0. The number of fused-ring (bicyclic) bond motifs is 1. The van der Waals surface area contributed by atoms with E-state index in [0.29, 0.717) is 29.8 Å². The summed E-state index contributed by atoms with van der Waals surface area (Å²) in [6.45, 7) is 3.79. The van der Waals surface area contributed by atoms with E-state index in [2.05, 4.69) is 4.98 Å². The predicted octanol–water partition coefficient (Wildman–Crippen LogP) is 4.68. The van der Waals surface area contributed by atoms with Gasteiger partial charge in [0.2, 0.25) is 0 Å². The summed E-state index contributed by atoms with van der Waals surface area (Å²) in [5.74, 6) is 1.08. The number of rotatable bonds is 9. The summed E-state index contributed by atoms with van der Waals surface area (Å²) in [5, 5.41) is 0.677. The number of nitrogens with zero attached hydrogens (tertiary/aromatic N) is 2. The summed E-state index contributed by atoms with van der Waals surface area (Å²) in [7, 11) is 0. The standard InChI is InChI=1S/C23H26N2O4S/c1-2-13-28-19-10-4-5-11-20(19)29-16-22(26)25(15-17-8-7-14-27-17)23-24-18-9-3-6-12-21(18)30-23/h3-6,9-12,17H,2,7-8,13-16H2,1H3. The normalized spacial score (nSPS) is 16.0. The molecule has 0 N–H and O–H groups in total. The number of carbonyl (C=O) groups excluding carboxylic acids is 1. The first kappa shape index (κ1) is 20.6. The van der Waals surface area contributed by atoms with E-state index in [0.717, 1.165) is 36.1 Å². The smallest absolute Gasteiger partial charge is 0.266 e. The van der Waals surface area contributed by atoms with Crippen LogP contribution in [0.3, 0.4) is 0 Å². The van der Waals surface area contributed by atoms with Gasteiger partial charge >= 0.3 is 0 Å². The molecule has 1 unspecified atom stereocenters. The van der Waals surface area contributed by atoms with Crippen LogP contribution in [0.4, 0.5) is 5.13 Å². The quantitative estimate of drug-likeness (QED) is 0.497. The van der Waals surface area contributed by atoms with Crippen molar-refractivity contribution >= 4 is 32.6 Å². The van der Waals surface area contributed by atoms with Crippen LogP contribution < -0.4 is 14.4 Å². The minimum Gasteiger partial charge on any atom is -0.490 e. The van der Waals surface area contributed by atoms with Crippen LogP contribution in [0, 0.1) is 0 Å². The fourth-order valence-electron chi connectivity index (χ4n) is 3.37. The molecule has 158 valence electrons. The van der Waals surface area contributed by atoms with Crippen molar-refractivity contribution in [2.24, 2.45) is 0 Å². The van der Waals surface area contributed by atoms with Crippen LogP contribution in [0.2, 0.25) is 0 Å². The van der Waals surface area contributed by atoms with Crippen LogP contribution in [-0.4, -0.2) is 43.4 Å². The maximum absolute atomic E-state index is 13.2. The third-order valence-corrected chi connectivity index (χ3v) is 5.95. The van der Waals surface area contributed by atoms with Crippen LogP contribution in [0.1, 0.15) is 26.2 Å². The summed E-state index contributed by atoms with van der Waals surface area (Å²) in [6, 6.07) is 15.3. The van der Waals surface area contributed by atoms with Gasteiger partial charge in [0.25, 0.3) is 5.91 Å². The van der Waals surface area contributed by atoms with E-state index in [4.69, 9.17) is 14.2 Å². The van der Waals surface area contributed by atoms with Crippen molar-refractivity contribution in [3.05, 3.63) is 48.5 Å². The van der Waals surface area contributed by atoms with Gasteiger partial charge < -0.3 is 14.2 Å². The molecule has 1 aliphatic rings. The summed E-state index contributed by atoms with van der Waals surface area (Å²) >= 11 is 1.51. The highest BCUT2D eigenvalue weighted by Crippen LogP contribution is 2.31. The molecule has 1 atom stereocenters. The topological polar surface area (TPSA) is 60.9 Å². The molecule has 1 fully saturated rings. The minimum absolute atomic E-state index is 0.0288. The van der Waals surface area contributed by atoms with Crippen molar-refractivity contribution in [2.45, 2.75) is 32.3 Å². The lowest BCUT2D eigenvalue weighted by molar-refractivity contribution is -0.121. The molecule has 2 aromatic carbocycles. The fourth-order valence-corrected chi connectivity index (χ4v) is 4.36. The molecule has 7 heteroatoms. The molecular weight excluding hydrogens is 400 g/mol. The molecule has 0 saturated carbocycles. The van der Waals surface area contributed by atoms with Gasteiger partial charge in [0, 0.05) is 6.61 Å². The lowest BCUT2D eigenvalue weighted by Crippen LogP contribution is -2.40. The maximum Gasteiger partial charge on any atom is 0.266 e. The number of anilines is 1. The average Bonchev–Trinajstić information content (AvgIpc) is 3.44. The highest BCUT2D eigenvalue weighted by atomic mass is 32.1. The van der Waals surface area contributed by atoms with E-state index in [1.807, 2.05) is 55.5 Å². The van der Waals surface area contributed by atoms with Crippen LogP contribution >= 0.6 is 11.3 Å². The Hall–Kier alpha value is -2.64. The first-order valence-corrected chi connectivity index (χ1v) is 11.2. The van der Waals surface area contributed by atoms with Crippen molar-refractivity contribution in [1.29, 1.82) is 0 Å². The highest BCUT2D eigenvalue weighted by molar-refractivity contribution is 7.22. The number of amides is 1. The highest BCUT2D eigenvalue weighted by Gasteiger charge is 2.26. The molecule has 1 saturated heterocycles. The molecule has 1 amide bonds. The molecule has 0 radical (unpaired) electrons. The Kier molecular flexibility index (Phi) is 6.81. The zero-order valence-electron chi connectivity index (χ0n) is 17.1. The number of ether oxygens (including phenoxy) is 3. The second kappa shape index (κ2) is 9.91. The van der Waals surface area contributed by atoms with Crippen molar-refractivity contribution in [2.75, 3.05) is 31.3 Å². The van der Waals surface area contributed by atoms with Gasteiger partial charge in [0.1, 0.15) is 0 Å². The molecule has 30 heavy (non-hydrogen) atoms.